The minimum Gasteiger partial charge on any atom is -0.456 e. The molecule has 244 valence electrons. The Kier molecular flexibility index (Phi) is 9.08. The van der Waals surface area contributed by atoms with Crippen LogP contribution in [0, 0.1) is 17.5 Å². The molecule has 1 saturated heterocycles. The van der Waals surface area contributed by atoms with Crippen LogP contribution < -0.4 is 21.3 Å². The van der Waals surface area contributed by atoms with Gasteiger partial charge in [0.05, 0.1) is 34.5 Å². The van der Waals surface area contributed by atoms with Gasteiger partial charge in [-0.3, -0.25) is 14.6 Å². The molecule has 2 aromatic heterocycles. The molecule has 1 fully saturated rings. The SMILES string of the molecule is CC(=O)OC1CCc2c1ncc(NC(=O)c1nc(-c3c(F)cccc3F)c(F)cc1N)c2N1CCCC(NC(=O)OC(C)(C)C)C1. The average molecular weight is 641 g/mol. The average Bonchev–Trinajstić information content (AvgIpc) is 3.34. The molecule has 4 N–H and O–H groups in total. The van der Waals surface area contributed by atoms with Gasteiger partial charge in [-0.1, -0.05) is 6.07 Å². The number of esters is 1. The van der Waals surface area contributed by atoms with Crippen molar-refractivity contribution in [2.45, 2.75) is 71.1 Å². The number of amides is 2. The van der Waals surface area contributed by atoms with Gasteiger partial charge < -0.3 is 30.7 Å². The van der Waals surface area contributed by atoms with Gasteiger partial charge >= 0.3 is 12.1 Å². The molecule has 1 aliphatic carbocycles. The number of hydrogen-bond donors (Lipinski definition) is 3. The molecule has 0 radical (unpaired) electrons. The van der Waals surface area contributed by atoms with E-state index in [9.17, 15) is 27.6 Å². The lowest BCUT2D eigenvalue weighted by molar-refractivity contribution is -0.146. The van der Waals surface area contributed by atoms with E-state index in [-0.39, 0.29) is 17.4 Å². The molecule has 2 unspecified atom stereocenters. The standard InChI is InChI=1S/C32H35F3N6O5/c1-16(42)45-24-11-10-18-26(24)37-14-23(29(18)41-12-6-7-17(15-41)38-31(44)46-32(2,3)4)39-30(43)28-22(36)13-21(35)27(40-28)25-19(33)8-5-9-20(25)34/h5,8-9,13-14,17,24H,6-7,10-12,15,36H2,1-4H3,(H,38,44)(H,39,43). The molecule has 3 heterocycles. The monoisotopic (exact) mass is 640 g/mol. The molecule has 0 saturated carbocycles. The Balaban J connectivity index is 1.50. The largest absolute Gasteiger partial charge is 0.456 e. The molecule has 2 aliphatic rings. The van der Waals surface area contributed by atoms with Crippen LogP contribution in [0.4, 0.5) is 35.0 Å². The van der Waals surface area contributed by atoms with Gasteiger partial charge in [0.25, 0.3) is 5.91 Å². The predicted molar refractivity (Wildman–Crippen MR) is 164 cm³/mol. The number of pyridine rings is 2. The molecule has 11 nitrogen and oxygen atoms in total. The van der Waals surface area contributed by atoms with Crippen molar-refractivity contribution in [1.29, 1.82) is 0 Å². The number of carbonyl (C=O) groups excluding carboxylic acids is 3. The molecule has 5 rings (SSSR count). The Morgan fingerprint density at radius 3 is 2.48 bits per heavy atom. The van der Waals surface area contributed by atoms with Gasteiger partial charge in [-0.15, -0.1) is 0 Å². The van der Waals surface area contributed by atoms with E-state index in [1.807, 2.05) is 4.90 Å². The minimum atomic E-state index is -1.11. The lowest BCUT2D eigenvalue weighted by Gasteiger charge is -2.37. The zero-order chi connectivity index (χ0) is 33.3. The first-order chi connectivity index (χ1) is 21.7. The van der Waals surface area contributed by atoms with E-state index in [2.05, 4.69) is 20.6 Å². The van der Waals surface area contributed by atoms with E-state index in [1.165, 1.54) is 13.1 Å². The number of piperidine rings is 1. The van der Waals surface area contributed by atoms with Gasteiger partial charge in [0.2, 0.25) is 0 Å². The molecule has 14 heteroatoms. The summed E-state index contributed by atoms with van der Waals surface area (Å²) in [5.74, 6) is -4.55. The molecule has 0 bridgehead atoms. The maximum atomic E-state index is 14.9. The van der Waals surface area contributed by atoms with Crippen LogP contribution in [-0.4, -0.2) is 52.7 Å². The number of anilines is 3. The summed E-state index contributed by atoms with van der Waals surface area (Å²) in [6, 6.07) is 3.52. The Morgan fingerprint density at radius 2 is 1.80 bits per heavy atom. The maximum absolute atomic E-state index is 14.9. The molecule has 1 aromatic carbocycles. The summed E-state index contributed by atoms with van der Waals surface area (Å²) in [5.41, 5.74) is 5.19. The Labute approximate surface area is 263 Å². The fourth-order valence-electron chi connectivity index (χ4n) is 5.80. The van der Waals surface area contributed by atoms with Crippen LogP contribution in [0.25, 0.3) is 11.3 Å². The lowest BCUT2D eigenvalue weighted by Crippen LogP contribution is -2.49. The van der Waals surface area contributed by atoms with Gasteiger partial charge in [0, 0.05) is 37.7 Å². The quantitative estimate of drug-likeness (QED) is 0.300. The van der Waals surface area contributed by atoms with Crippen LogP contribution in [0.5, 0.6) is 0 Å². The Bertz CT molecular complexity index is 1680. The number of rotatable bonds is 6. The number of hydrogen-bond acceptors (Lipinski definition) is 9. The number of carbonyl (C=O) groups is 3. The summed E-state index contributed by atoms with van der Waals surface area (Å²) in [4.78, 5) is 48.4. The maximum Gasteiger partial charge on any atom is 0.407 e. The molecular weight excluding hydrogens is 605 g/mol. The first kappa shape index (κ1) is 32.5. The fourth-order valence-corrected chi connectivity index (χ4v) is 5.80. The number of nitrogens with zero attached hydrogens (tertiary/aromatic N) is 3. The summed E-state index contributed by atoms with van der Waals surface area (Å²) in [5, 5.41) is 5.66. The van der Waals surface area contributed by atoms with Crippen molar-refractivity contribution in [3.05, 3.63) is 64.9 Å². The fraction of sp³-hybridized carbons (Fsp3) is 0.406. The number of nitrogens with one attached hydrogen (secondary N) is 2. The number of halogens is 3. The third-order valence-electron chi connectivity index (χ3n) is 7.58. The molecule has 3 aromatic rings. The summed E-state index contributed by atoms with van der Waals surface area (Å²) in [6.07, 6.45) is 2.62. The number of aromatic nitrogens is 2. The van der Waals surface area contributed by atoms with E-state index in [4.69, 9.17) is 15.2 Å². The van der Waals surface area contributed by atoms with Crippen molar-refractivity contribution < 1.29 is 37.0 Å². The summed E-state index contributed by atoms with van der Waals surface area (Å²) in [7, 11) is 0. The van der Waals surface area contributed by atoms with Gasteiger partial charge in [-0.2, -0.15) is 0 Å². The van der Waals surface area contributed by atoms with Crippen molar-refractivity contribution in [1.82, 2.24) is 15.3 Å². The smallest absolute Gasteiger partial charge is 0.407 e. The lowest BCUT2D eigenvalue weighted by atomic mass is 10.0. The predicted octanol–water partition coefficient (Wildman–Crippen LogP) is 5.44. The topological polar surface area (TPSA) is 149 Å². The first-order valence-corrected chi connectivity index (χ1v) is 14.9. The van der Waals surface area contributed by atoms with Gasteiger partial charge in [-0.05, 0) is 58.6 Å². The number of benzene rings is 1. The van der Waals surface area contributed by atoms with Crippen molar-refractivity contribution in [2.75, 3.05) is 29.0 Å². The second-order valence-electron chi connectivity index (χ2n) is 12.3. The molecule has 2 atom stereocenters. The second-order valence-corrected chi connectivity index (χ2v) is 12.3. The van der Waals surface area contributed by atoms with E-state index < -0.39 is 64.1 Å². The second kappa shape index (κ2) is 12.9. The highest BCUT2D eigenvalue weighted by Gasteiger charge is 2.35. The van der Waals surface area contributed by atoms with Crippen molar-refractivity contribution >= 4 is 35.0 Å². The van der Waals surface area contributed by atoms with Crippen LogP contribution in [-0.2, 0) is 20.7 Å². The zero-order valence-electron chi connectivity index (χ0n) is 25.9. The van der Waals surface area contributed by atoms with E-state index >= 15 is 0 Å². The van der Waals surface area contributed by atoms with Gasteiger partial charge in [0.15, 0.2) is 11.5 Å². The summed E-state index contributed by atoms with van der Waals surface area (Å²) in [6.45, 7) is 7.56. The summed E-state index contributed by atoms with van der Waals surface area (Å²) < 4.78 is 54.8. The Morgan fingerprint density at radius 1 is 1.09 bits per heavy atom. The highest BCUT2D eigenvalue weighted by molar-refractivity contribution is 6.08. The minimum absolute atomic E-state index is 0.259. The van der Waals surface area contributed by atoms with Crippen molar-refractivity contribution in [2.24, 2.45) is 0 Å². The third-order valence-corrected chi connectivity index (χ3v) is 7.58. The normalized spacial score (nSPS) is 17.7. The molecule has 1 aliphatic heterocycles. The number of fused-ring (bicyclic) bond motifs is 1. The van der Waals surface area contributed by atoms with Gasteiger partial charge in [-0.25, -0.2) is 22.9 Å². The highest BCUT2D eigenvalue weighted by Crippen LogP contribution is 2.43. The van der Waals surface area contributed by atoms with E-state index in [0.717, 1.165) is 29.8 Å². The van der Waals surface area contributed by atoms with Crippen LogP contribution in [0.1, 0.15) is 74.8 Å². The molecular formula is C32H35F3N6O5. The highest BCUT2D eigenvalue weighted by atomic mass is 19.1. The van der Waals surface area contributed by atoms with E-state index in [1.54, 1.807) is 20.8 Å². The number of nitrogen functional groups attached to an aromatic ring is 1. The van der Waals surface area contributed by atoms with Crippen LogP contribution in [0.2, 0.25) is 0 Å². The Hall–Kier alpha value is -4.88. The van der Waals surface area contributed by atoms with E-state index in [0.29, 0.717) is 50.2 Å². The molecule has 2 amide bonds. The van der Waals surface area contributed by atoms with Crippen LogP contribution >= 0.6 is 0 Å². The van der Waals surface area contributed by atoms with Crippen molar-refractivity contribution in [3.8, 4) is 11.3 Å². The van der Waals surface area contributed by atoms with Crippen LogP contribution in [0.15, 0.2) is 30.5 Å². The van der Waals surface area contributed by atoms with Crippen LogP contribution in [0.3, 0.4) is 0 Å². The number of ether oxygens (including phenoxy) is 2. The number of nitrogens with two attached hydrogens (primary N) is 1. The third kappa shape index (κ3) is 7.00. The molecule has 46 heavy (non-hydrogen) atoms. The molecule has 0 spiro atoms. The summed E-state index contributed by atoms with van der Waals surface area (Å²) >= 11 is 0. The number of alkyl carbamates (subject to hydrolysis) is 1. The van der Waals surface area contributed by atoms with Crippen molar-refractivity contribution in [3.63, 3.8) is 0 Å². The first-order valence-electron chi connectivity index (χ1n) is 14.9. The van der Waals surface area contributed by atoms with Gasteiger partial charge in [0.1, 0.15) is 29.0 Å². The zero-order valence-corrected chi connectivity index (χ0v) is 25.9.